The summed E-state index contributed by atoms with van der Waals surface area (Å²) in [5.74, 6) is -3.00. The lowest BCUT2D eigenvalue weighted by Crippen LogP contribution is -2.49. The normalized spacial score (nSPS) is 18.0. The second-order valence-electron chi connectivity index (χ2n) is 7.26. The standard InChI is InChI=1S/C21H17N5O6/c1-21(12-7-3-2-4-8-12)19(31)26(20(32)22-21)23-15(27)11-25-17(28)14-10-6-5-9-13(14)16(24-25)18(29)30/h2-10H,11H2,1H3,(H,22,32)(H,23,27)(H,29,30)/t21-/m1/s1. The number of aromatic carboxylic acids is 1. The lowest BCUT2D eigenvalue weighted by molar-refractivity contribution is -0.139. The van der Waals surface area contributed by atoms with Crippen molar-refractivity contribution in [1.29, 1.82) is 0 Å². The Kier molecular flexibility index (Phi) is 4.93. The van der Waals surface area contributed by atoms with Crippen molar-refractivity contribution >= 4 is 34.6 Å². The lowest BCUT2D eigenvalue weighted by atomic mass is 9.92. The van der Waals surface area contributed by atoms with Crippen LogP contribution in [-0.2, 0) is 21.7 Å². The maximum absolute atomic E-state index is 12.9. The lowest BCUT2D eigenvalue weighted by Gasteiger charge is -2.22. The highest BCUT2D eigenvalue weighted by molar-refractivity contribution is 6.08. The first-order valence-corrected chi connectivity index (χ1v) is 9.47. The number of imide groups is 1. The van der Waals surface area contributed by atoms with Crippen LogP contribution in [0.5, 0.6) is 0 Å². The minimum absolute atomic E-state index is 0.0688. The van der Waals surface area contributed by atoms with Gasteiger partial charge < -0.3 is 10.4 Å². The number of amides is 4. The first kappa shape index (κ1) is 20.7. The molecule has 1 atom stereocenters. The molecule has 4 amide bonds. The zero-order valence-corrected chi connectivity index (χ0v) is 16.7. The van der Waals surface area contributed by atoms with Crippen molar-refractivity contribution in [1.82, 2.24) is 25.5 Å². The van der Waals surface area contributed by atoms with Gasteiger partial charge in [0.25, 0.3) is 17.4 Å². The molecule has 3 N–H and O–H groups in total. The van der Waals surface area contributed by atoms with E-state index in [9.17, 15) is 29.1 Å². The fourth-order valence-corrected chi connectivity index (χ4v) is 3.50. The van der Waals surface area contributed by atoms with Crippen molar-refractivity contribution in [3.63, 3.8) is 0 Å². The number of carboxylic acid groups (broad SMARTS) is 1. The molecule has 1 aromatic heterocycles. The predicted molar refractivity (Wildman–Crippen MR) is 110 cm³/mol. The molecule has 2 aromatic carbocycles. The molecular formula is C21H17N5O6. The quantitative estimate of drug-likeness (QED) is 0.496. The number of carbonyl (C=O) groups is 4. The number of benzene rings is 2. The fourth-order valence-electron chi connectivity index (χ4n) is 3.50. The zero-order chi connectivity index (χ0) is 23.0. The molecule has 2 heterocycles. The Morgan fingerprint density at radius 2 is 1.66 bits per heavy atom. The number of aromatic nitrogens is 2. The highest BCUT2D eigenvalue weighted by Gasteiger charge is 2.50. The molecule has 0 aliphatic carbocycles. The van der Waals surface area contributed by atoms with Crippen LogP contribution in [0.15, 0.2) is 59.4 Å². The van der Waals surface area contributed by atoms with Gasteiger partial charge in [-0.15, -0.1) is 0 Å². The van der Waals surface area contributed by atoms with E-state index in [0.29, 0.717) is 15.3 Å². The number of nitrogens with zero attached hydrogens (tertiary/aromatic N) is 3. The molecule has 162 valence electrons. The highest BCUT2D eigenvalue weighted by Crippen LogP contribution is 2.27. The van der Waals surface area contributed by atoms with Gasteiger partial charge in [0.15, 0.2) is 5.69 Å². The first-order valence-electron chi connectivity index (χ1n) is 9.47. The van der Waals surface area contributed by atoms with Gasteiger partial charge in [0.1, 0.15) is 12.1 Å². The van der Waals surface area contributed by atoms with E-state index in [1.807, 2.05) is 0 Å². The molecular weight excluding hydrogens is 418 g/mol. The fraction of sp³-hybridized carbons (Fsp3) is 0.143. The summed E-state index contributed by atoms with van der Waals surface area (Å²) in [5, 5.41) is 16.4. The summed E-state index contributed by atoms with van der Waals surface area (Å²) in [6, 6.07) is 13.6. The minimum Gasteiger partial charge on any atom is -0.476 e. The number of urea groups is 1. The molecule has 11 nitrogen and oxygen atoms in total. The SMILES string of the molecule is C[C@]1(c2ccccc2)NC(=O)N(NC(=O)Cn2nc(C(=O)O)c3ccccc3c2=O)C1=O. The summed E-state index contributed by atoms with van der Waals surface area (Å²) in [4.78, 5) is 62.0. The number of fused-ring (bicyclic) bond motifs is 1. The monoisotopic (exact) mass is 435 g/mol. The van der Waals surface area contributed by atoms with Crippen LogP contribution in [0.4, 0.5) is 4.79 Å². The van der Waals surface area contributed by atoms with Crippen LogP contribution in [0.25, 0.3) is 10.8 Å². The molecule has 1 aliphatic rings. The van der Waals surface area contributed by atoms with Gasteiger partial charge in [-0.2, -0.15) is 10.1 Å². The number of carboxylic acids is 1. The maximum Gasteiger partial charge on any atom is 0.357 e. The van der Waals surface area contributed by atoms with E-state index in [-0.39, 0.29) is 10.8 Å². The average Bonchev–Trinajstić information content (AvgIpc) is 3.00. The van der Waals surface area contributed by atoms with Crippen LogP contribution in [0.3, 0.4) is 0 Å². The summed E-state index contributed by atoms with van der Waals surface area (Å²) in [6.07, 6.45) is 0. The molecule has 4 rings (SSSR count). The van der Waals surface area contributed by atoms with E-state index in [1.165, 1.54) is 19.1 Å². The van der Waals surface area contributed by atoms with Gasteiger partial charge in [0.2, 0.25) is 0 Å². The van der Waals surface area contributed by atoms with Gasteiger partial charge in [-0.1, -0.05) is 48.5 Å². The Labute approximate surface area is 180 Å². The van der Waals surface area contributed by atoms with Crippen molar-refractivity contribution in [3.8, 4) is 0 Å². The third-order valence-electron chi connectivity index (χ3n) is 5.14. The summed E-state index contributed by atoms with van der Waals surface area (Å²) >= 11 is 0. The molecule has 0 spiro atoms. The van der Waals surface area contributed by atoms with Crippen LogP contribution in [0.2, 0.25) is 0 Å². The van der Waals surface area contributed by atoms with Crippen molar-refractivity contribution in [3.05, 3.63) is 76.2 Å². The van der Waals surface area contributed by atoms with Gasteiger partial charge in [-0.05, 0) is 18.6 Å². The van der Waals surface area contributed by atoms with E-state index in [4.69, 9.17) is 0 Å². The molecule has 0 unspecified atom stereocenters. The Bertz CT molecular complexity index is 1340. The van der Waals surface area contributed by atoms with Crippen LogP contribution in [0.1, 0.15) is 23.0 Å². The number of hydrogen-bond donors (Lipinski definition) is 3. The van der Waals surface area contributed by atoms with Crippen molar-refractivity contribution in [2.45, 2.75) is 19.0 Å². The Hall–Kier alpha value is -4.54. The highest BCUT2D eigenvalue weighted by atomic mass is 16.4. The summed E-state index contributed by atoms with van der Waals surface area (Å²) < 4.78 is 0.677. The summed E-state index contributed by atoms with van der Waals surface area (Å²) in [5.41, 5.74) is 0.204. The largest absolute Gasteiger partial charge is 0.476 e. The third-order valence-corrected chi connectivity index (χ3v) is 5.14. The van der Waals surface area contributed by atoms with Crippen LogP contribution >= 0.6 is 0 Å². The number of nitrogens with one attached hydrogen (secondary N) is 2. The maximum atomic E-state index is 12.9. The van der Waals surface area contributed by atoms with Crippen LogP contribution in [-0.4, -0.2) is 43.7 Å². The predicted octanol–water partition coefficient (Wildman–Crippen LogP) is 0.593. The zero-order valence-electron chi connectivity index (χ0n) is 16.7. The average molecular weight is 435 g/mol. The van der Waals surface area contributed by atoms with Gasteiger partial charge in [-0.3, -0.25) is 19.8 Å². The molecule has 32 heavy (non-hydrogen) atoms. The summed E-state index contributed by atoms with van der Waals surface area (Å²) in [7, 11) is 0. The third kappa shape index (κ3) is 3.35. The van der Waals surface area contributed by atoms with Crippen molar-refractivity contribution in [2.24, 2.45) is 0 Å². The molecule has 3 aromatic rings. The first-order chi connectivity index (χ1) is 15.2. The number of carbonyl (C=O) groups excluding carboxylic acids is 3. The Morgan fingerprint density at radius 3 is 2.31 bits per heavy atom. The van der Waals surface area contributed by atoms with E-state index in [0.717, 1.165) is 0 Å². The molecule has 1 fully saturated rings. The molecule has 1 aliphatic heterocycles. The van der Waals surface area contributed by atoms with Gasteiger partial charge in [0.05, 0.1) is 5.39 Å². The molecule has 0 bridgehead atoms. The van der Waals surface area contributed by atoms with E-state index < -0.39 is 47.2 Å². The van der Waals surface area contributed by atoms with Crippen molar-refractivity contribution in [2.75, 3.05) is 0 Å². The minimum atomic E-state index is -1.39. The second kappa shape index (κ2) is 7.61. The second-order valence-corrected chi connectivity index (χ2v) is 7.26. The van der Waals surface area contributed by atoms with Gasteiger partial charge in [0, 0.05) is 5.39 Å². The smallest absolute Gasteiger partial charge is 0.357 e. The Morgan fingerprint density at radius 1 is 1.03 bits per heavy atom. The topological polar surface area (TPSA) is 151 Å². The van der Waals surface area contributed by atoms with Crippen LogP contribution < -0.4 is 16.3 Å². The number of hydrazine groups is 1. The summed E-state index contributed by atoms with van der Waals surface area (Å²) in [6.45, 7) is 0.798. The molecule has 11 heteroatoms. The van der Waals surface area contributed by atoms with E-state index >= 15 is 0 Å². The molecule has 1 saturated heterocycles. The molecule has 0 radical (unpaired) electrons. The molecule has 0 saturated carbocycles. The number of hydrogen-bond acceptors (Lipinski definition) is 6. The van der Waals surface area contributed by atoms with Crippen molar-refractivity contribution < 1.29 is 24.3 Å². The van der Waals surface area contributed by atoms with Crippen LogP contribution in [0, 0.1) is 0 Å². The van der Waals surface area contributed by atoms with E-state index in [1.54, 1.807) is 42.5 Å². The van der Waals surface area contributed by atoms with Gasteiger partial charge in [-0.25, -0.2) is 14.3 Å². The van der Waals surface area contributed by atoms with Gasteiger partial charge >= 0.3 is 12.0 Å². The number of rotatable bonds is 5. The Balaban J connectivity index is 1.60. The van der Waals surface area contributed by atoms with E-state index in [2.05, 4.69) is 15.8 Å².